The minimum atomic E-state index is -1.14. The van der Waals surface area contributed by atoms with Gasteiger partial charge in [0.05, 0.1) is 11.9 Å². The van der Waals surface area contributed by atoms with E-state index in [-0.39, 0.29) is 17.0 Å². The number of benzene rings is 1. The highest BCUT2D eigenvalue weighted by atomic mass is 19.1. The average molecular weight is 257 g/mol. The van der Waals surface area contributed by atoms with E-state index in [0.717, 1.165) is 0 Å². The van der Waals surface area contributed by atoms with Crippen LogP contribution in [0, 0.1) is 5.82 Å². The third kappa shape index (κ3) is 1.83. The Bertz CT molecular complexity index is 782. The smallest absolute Gasteiger partial charge is 0.354 e. The van der Waals surface area contributed by atoms with Gasteiger partial charge >= 0.3 is 5.97 Å². The van der Waals surface area contributed by atoms with E-state index in [2.05, 4.69) is 10.1 Å². The number of carbonyl (C=O) groups is 1. The van der Waals surface area contributed by atoms with E-state index in [1.54, 1.807) is 24.3 Å². The molecule has 0 aliphatic carbocycles. The standard InChI is InChI=1S/C13H8FN3O2/c14-9-4-2-1-3-8(9)10-7-11(13(18)19)17-12(16-10)5-6-15-17/h1-7H,(H,18,19). The van der Waals surface area contributed by atoms with Crippen molar-refractivity contribution in [2.24, 2.45) is 0 Å². The van der Waals surface area contributed by atoms with E-state index in [9.17, 15) is 9.18 Å². The lowest BCUT2D eigenvalue weighted by Gasteiger charge is -2.05. The van der Waals surface area contributed by atoms with Crippen LogP contribution < -0.4 is 0 Å². The number of hydrogen-bond acceptors (Lipinski definition) is 3. The minimum absolute atomic E-state index is 0.0618. The number of carboxylic acid groups (broad SMARTS) is 1. The molecule has 0 saturated carbocycles. The lowest BCUT2D eigenvalue weighted by molar-refractivity contribution is 0.0687. The molecule has 94 valence electrons. The number of aromatic nitrogens is 3. The van der Waals surface area contributed by atoms with Gasteiger partial charge in [-0.2, -0.15) is 5.10 Å². The molecule has 0 amide bonds. The summed E-state index contributed by atoms with van der Waals surface area (Å²) in [5.74, 6) is -1.59. The Labute approximate surface area is 107 Å². The van der Waals surface area contributed by atoms with Crippen molar-refractivity contribution in [1.82, 2.24) is 14.6 Å². The van der Waals surface area contributed by atoms with Crippen molar-refractivity contribution in [1.29, 1.82) is 0 Å². The average Bonchev–Trinajstić information content (AvgIpc) is 2.86. The number of carboxylic acids is 1. The summed E-state index contributed by atoms with van der Waals surface area (Å²) in [5.41, 5.74) is 0.823. The van der Waals surface area contributed by atoms with Crippen LogP contribution in [0.15, 0.2) is 42.6 Å². The second-order valence-corrected chi connectivity index (χ2v) is 3.91. The van der Waals surface area contributed by atoms with Crippen molar-refractivity contribution in [2.45, 2.75) is 0 Å². The van der Waals surface area contributed by atoms with E-state index in [0.29, 0.717) is 5.65 Å². The molecule has 2 aromatic heterocycles. The van der Waals surface area contributed by atoms with Crippen molar-refractivity contribution in [3.05, 3.63) is 54.1 Å². The summed E-state index contributed by atoms with van der Waals surface area (Å²) in [6.07, 6.45) is 1.44. The largest absolute Gasteiger partial charge is 0.477 e. The maximum Gasteiger partial charge on any atom is 0.354 e. The number of aromatic carboxylic acids is 1. The molecule has 5 nitrogen and oxygen atoms in total. The Morgan fingerprint density at radius 1 is 1.26 bits per heavy atom. The van der Waals surface area contributed by atoms with Gasteiger partial charge in [-0.3, -0.25) is 0 Å². The van der Waals surface area contributed by atoms with Crippen LogP contribution in [0.2, 0.25) is 0 Å². The second kappa shape index (κ2) is 4.16. The van der Waals surface area contributed by atoms with Gasteiger partial charge in [-0.25, -0.2) is 18.7 Å². The molecule has 0 bridgehead atoms. The molecule has 19 heavy (non-hydrogen) atoms. The molecule has 0 fully saturated rings. The monoisotopic (exact) mass is 257 g/mol. The van der Waals surface area contributed by atoms with Crippen LogP contribution in [0.5, 0.6) is 0 Å². The predicted octanol–water partition coefficient (Wildman–Crippen LogP) is 2.23. The first kappa shape index (κ1) is 11.3. The molecule has 0 radical (unpaired) electrons. The molecule has 6 heteroatoms. The fraction of sp³-hybridized carbons (Fsp3) is 0. The molecular weight excluding hydrogens is 249 g/mol. The highest BCUT2D eigenvalue weighted by molar-refractivity contribution is 5.88. The van der Waals surface area contributed by atoms with E-state index in [4.69, 9.17) is 5.11 Å². The van der Waals surface area contributed by atoms with Gasteiger partial charge in [0.25, 0.3) is 0 Å². The Hall–Kier alpha value is -2.76. The van der Waals surface area contributed by atoms with Crippen LogP contribution in [0.25, 0.3) is 16.9 Å². The SMILES string of the molecule is O=C(O)c1cc(-c2ccccc2F)nc2ccnn12. The fourth-order valence-electron chi connectivity index (χ4n) is 1.87. The van der Waals surface area contributed by atoms with Gasteiger partial charge in [0.2, 0.25) is 0 Å². The van der Waals surface area contributed by atoms with Crippen LogP contribution in [0.1, 0.15) is 10.5 Å². The summed E-state index contributed by atoms with van der Waals surface area (Å²) < 4.78 is 14.9. The van der Waals surface area contributed by atoms with Crippen molar-refractivity contribution in [3.63, 3.8) is 0 Å². The summed E-state index contributed by atoms with van der Waals surface area (Å²) in [6.45, 7) is 0. The Morgan fingerprint density at radius 2 is 2.05 bits per heavy atom. The summed E-state index contributed by atoms with van der Waals surface area (Å²) in [7, 11) is 0. The lowest BCUT2D eigenvalue weighted by atomic mass is 10.1. The molecule has 3 rings (SSSR count). The van der Waals surface area contributed by atoms with Gasteiger partial charge in [-0.1, -0.05) is 12.1 Å². The first-order valence-corrected chi connectivity index (χ1v) is 5.50. The zero-order valence-electron chi connectivity index (χ0n) is 9.62. The molecule has 0 aliphatic heterocycles. The Morgan fingerprint density at radius 3 is 2.79 bits per heavy atom. The quantitative estimate of drug-likeness (QED) is 0.764. The molecule has 0 spiro atoms. The minimum Gasteiger partial charge on any atom is -0.477 e. The van der Waals surface area contributed by atoms with Gasteiger partial charge in [-0.15, -0.1) is 0 Å². The van der Waals surface area contributed by atoms with E-state index in [1.165, 1.54) is 22.8 Å². The molecule has 0 unspecified atom stereocenters. The van der Waals surface area contributed by atoms with Crippen LogP contribution in [-0.4, -0.2) is 25.7 Å². The maximum absolute atomic E-state index is 13.7. The molecule has 1 N–H and O–H groups in total. The van der Waals surface area contributed by atoms with E-state index < -0.39 is 11.8 Å². The predicted molar refractivity (Wildman–Crippen MR) is 65.3 cm³/mol. The third-order valence-corrected chi connectivity index (χ3v) is 2.73. The topological polar surface area (TPSA) is 67.5 Å². The summed E-state index contributed by atoms with van der Waals surface area (Å²) in [6, 6.07) is 8.96. The Kier molecular flexibility index (Phi) is 2.49. The van der Waals surface area contributed by atoms with Gasteiger partial charge < -0.3 is 5.11 Å². The van der Waals surface area contributed by atoms with Gasteiger partial charge in [-0.05, 0) is 18.2 Å². The van der Waals surface area contributed by atoms with Gasteiger partial charge in [0.1, 0.15) is 5.82 Å². The molecule has 0 saturated heterocycles. The van der Waals surface area contributed by atoms with Crippen molar-refractivity contribution < 1.29 is 14.3 Å². The molecular formula is C13H8FN3O2. The summed E-state index contributed by atoms with van der Waals surface area (Å²) in [5, 5.41) is 13.0. The third-order valence-electron chi connectivity index (χ3n) is 2.73. The highest BCUT2D eigenvalue weighted by Crippen LogP contribution is 2.22. The molecule has 1 aromatic carbocycles. The van der Waals surface area contributed by atoms with Gasteiger partial charge in [0, 0.05) is 11.6 Å². The number of halogens is 1. The zero-order valence-corrected chi connectivity index (χ0v) is 9.62. The lowest BCUT2D eigenvalue weighted by Crippen LogP contribution is -2.08. The maximum atomic E-state index is 13.7. The first-order chi connectivity index (χ1) is 9.16. The van der Waals surface area contributed by atoms with Crippen LogP contribution in [-0.2, 0) is 0 Å². The summed E-state index contributed by atoms with van der Waals surface area (Å²) in [4.78, 5) is 15.4. The van der Waals surface area contributed by atoms with E-state index >= 15 is 0 Å². The highest BCUT2D eigenvalue weighted by Gasteiger charge is 2.15. The van der Waals surface area contributed by atoms with Gasteiger partial charge in [0.15, 0.2) is 11.3 Å². The van der Waals surface area contributed by atoms with Crippen molar-refractivity contribution >= 4 is 11.6 Å². The number of fused-ring (bicyclic) bond motifs is 1. The molecule has 3 aromatic rings. The first-order valence-electron chi connectivity index (χ1n) is 5.50. The number of hydrogen-bond donors (Lipinski definition) is 1. The van der Waals surface area contributed by atoms with Crippen molar-refractivity contribution in [3.8, 4) is 11.3 Å². The van der Waals surface area contributed by atoms with Crippen LogP contribution >= 0.6 is 0 Å². The van der Waals surface area contributed by atoms with Crippen molar-refractivity contribution in [2.75, 3.05) is 0 Å². The molecule has 2 heterocycles. The number of nitrogens with zero attached hydrogens (tertiary/aromatic N) is 3. The summed E-state index contributed by atoms with van der Waals surface area (Å²) >= 11 is 0. The van der Waals surface area contributed by atoms with Crippen LogP contribution in [0.4, 0.5) is 4.39 Å². The number of rotatable bonds is 2. The molecule has 0 atom stereocenters. The fourth-order valence-corrected chi connectivity index (χ4v) is 1.87. The molecule has 0 aliphatic rings. The van der Waals surface area contributed by atoms with E-state index in [1.807, 2.05) is 0 Å². The normalized spacial score (nSPS) is 10.8. The van der Waals surface area contributed by atoms with Crippen LogP contribution in [0.3, 0.4) is 0 Å². The second-order valence-electron chi connectivity index (χ2n) is 3.91. The zero-order chi connectivity index (χ0) is 13.4. The Balaban J connectivity index is 2.31.